The molecule has 1 amide bonds. The van der Waals surface area contributed by atoms with Gasteiger partial charge >= 0.3 is 0 Å². The van der Waals surface area contributed by atoms with E-state index in [1.807, 2.05) is 49.4 Å². The Labute approximate surface area is 196 Å². The third-order valence-electron chi connectivity index (χ3n) is 5.92. The van der Waals surface area contributed by atoms with Gasteiger partial charge in [-0.05, 0) is 31.5 Å². The number of benzene rings is 2. The minimum absolute atomic E-state index is 0.0583. The fraction of sp³-hybridized carbons (Fsp3) is 0.320. The van der Waals surface area contributed by atoms with Crippen molar-refractivity contribution >= 4 is 33.3 Å². The summed E-state index contributed by atoms with van der Waals surface area (Å²) in [6.07, 6.45) is 2.30. The van der Waals surface area contributed by atoms with Gasteiger partial charge in [0.1, 0.15) is 5.82 Å². The number of hydrogen-bond donors (Lipinski definition) is 1. The molecule has 0 bridgehead atoms. The van der Waals surface area contributed by atoms with Gasteiger partial charge in [0.25, 0.3) is 0 Å². The van der Waals surface area contributed by atoms with Crippen LogP contribution in [0.5, 0.6) is 11.5 Å². The van der Waals surface area contributed by atoms with E-state index in [1.165, 1.54) is 0 Å². The number of para-hydroxylation sites is 2. The molecule has 0 unspecified atom stereocenters. The van der Waals surface area contributed by atoms with Crippen molar-refractivity contribution < 1.29 is 14.3 Å². The summed E-state index contributed by atoms with van der Waals surface area (Å²) in [6, 6.07) is 13.8. The number of ether oxygens (including phenoxy) is 2. The Hall–Kier alpha value is -3.39. The zero-order valence-electron chi connectivity index (χ0n) is 18.9. The van der Waals surface area contributed by atoms with E-state index in [2.05, 4.69) is 12.2 Å². The number of carbonyl (C=O) groups excluding carboxylic acids is 1. The SMILES string of the molecule is CCCCOc1c(OC)cccc1[C@@H]1CC(=O)Nc2c1c(C)nn2-c1nc2ccccc2s1. The van der Waals surface area contributed by atoms with Crippen LogP contribution in [0, 0.1) is 6.92 Å². The molecule has 1 aliphatic heterocycles. The molecule has 2 aromatic heterocycles. The van der Waals surface area contributed by atoms with Crippen molar-refractivity contribution in [3.8, 4) is 16.6 Å². The molecule has 7 nitrogen and oxygen atoms in total. The number of aryl methyl sites for hydroxylation is 1. The second-order valence-electron chi connectivity index (χ2n) is 8.11. The van der Waals surface area contributed by atoms with E-state index in [4.69, 9.17) is 19.6 Å². The van der Waals surface area contributed by atoms with Gasteiger partial charge in [-0.25, -0.2) is 4.98 Å². The lowest BCUT2D eigenvalue weighted by molar-refractivity contribution is -0.116. The van der Waals surface area contributed by atoms with Gasteiger partial charge in [-0.15, -0.1) is 0 Å². The normalized spacial score (nSPS) is 15.4. The van der Waals surface area contributed by atoms with Crippen LogP contribution in [0.4, 0.5) is 5.82 Å². The van der Waals surface area contributed by atoms with Crippen molar-refractivity contribution in [2.75, 3.05) is 19.0 Å². The summed E-state index contributed by atoms with van der Waals surface area (Å²) in [7, 11) is 1.64. The number of nitrogens with one attached hydrogen (secondary N) is 1. The Morgan fingerprint density at radius 2 is 2.06 bits per heavy atom. The number of fused-ring (bicyclic) bond motifs is 2. The summed E-state index contributed by atoms with van der Waals surface area (Å²) in [6.45, 7) is 4.70. The third kappa shape index (κ3) is 3.84. The van der Waals surface area contributed by atoms with Gasteiger partial charge in [0.15, 0.2) is 11.5 Å². The smallest absolute Gasteiger partial charge is 0.226 e. The fourth-order valence-electron chi connectivity index (χ4n) is 4.34. The molecule has 0 spiro atoms. The van der Waals surface area contributed by atoms with Gasteiger partial charge in [-0.1, -0.05) is 48.9 Å². The van der Waals surface area contributed by atoms with Crippen LogP contribution < -0.4 is 14.8 Å². The highest BCUT2D eigenvalue weighted by Crippen LogP contribution is 2.46. The fourth-order valence-corrected chi connectivity index (χ4v) is 5.27. The monoisotopic (exact) mass is 462 g/mol. The second kappa shape index (κ2) is 8.86. The van der Waals surface area contributed by atoms with E-state index in [9.17, 15) is 4.79 Å². The van der Waals surface area contributed by atoms with Gasteiger partial charge in [-0.3, -0.25) is 4.79 Å². The van der Waals surface area contributed by atoms with Crippen molar-refractivity contribution in [2.24, 2.45) is 0 Å². The maximum atomic E-state index is 12.9. The predicted octanol–water partition coefficient (Wildman–Crippen LogP) is 5.45. The number of carbonyl (C=O) groups is 1. The lowest BCUT2D eigenvalue weighted by Gasteiger charge is -2.26. The maximum absolute atomic E-state index is 12.9. The average Bonchev–Trinajstić information content (AvgIpc) is 3.39. The zero-order valence-corrected chi connectivity index (χ0v) is 19.7. The van der Waals surface area contributed by atoms with Crippen LogP contribution in [0.3, 0.4) is 0 Å². The Balaban J connectivity index is 1.63. The second-order valence-corrected chi connectivity index (χ2v) is 9.12. The van der Waals surface area contributed by atoms with Crippen LogP contribution in [0.15, 0.2) is 42.5 Å². The Kier molecular flexibility index (Phi) is 5.76. The Bertz CT molecular complexity index is 1290. The summed E-state index contributed by atoms with van der Waals surface area (Å²) in [4.78, 5) is 17.6. The van der Waals surface area contributed by atoms with Crippen molar-refractivity contribution in [3.63, 3.8) is 0 Å². The summed E-state index contributed by atoms with van der Waals surface area (Å²) in [5.41, 5.74) is 3.70. The molecular formula is C25H26N4O3S. The number of amides is 1. The van der Waals surface area contributed by atoms with E-state index < -0.39 is 0 Å². The van der Waals surface area contributed by atoms with Crippen LogP contribution in [-0.2, 0) is 4.79 Å². The third-order valence-corrected chi connectivity index (χ3v) is 6.93. The van der Waals surface area contributed by atoms with Crippen molar-refractivity contribution in [2.45, 2.75) is 39.0 Å². The molecule has 3 heterocycles. The number of anilines is 1. The molecule has 2 aromatic carbocycles. The molecule has 5 rings (SSSR count). The first-order valence-corrected chi connectivity index (χ1v) is 12.0. The molecule has 1 atom stereocenters. The Morgan fingerprint density at radius 1 is 1.21 bits per heavy atom. The van der Waals surface area contributed by atoms with E-state index in [0.717, 1.165) is 45.0 Å². The minimum Gasteiger partial charge on any atom is -0.493 e. The predicted molar refractivity (Wildman–Crippen MR) is 130 cm³/mol. The lowest BCUT2D eigenvalue weighted by atomic mass is 9.85. The van der Waals surface area contributed by atoms with Gasteiger partial charge in [-0.2, -0.15) is 9.78 Å². The van der Waals surface area contributed by atoms with E-state index in [-0.39, 0.29) is 11.8 Å². The lowest BCUT2D eigenvalue weighted by Crippen LogP contribution is -2.25. The highest BCUT2D eigenvalue weighted by molar-refractivity contribution is 7.20. The van der Waals surface area contributed by atoms with Crippen LogP contribution in [0.2, 0.25) is 0 Å². The minimum atomic E-state index is -0.191. The van der Waals surface area contributed by atoms with Gasteiger partial charge in [0.05, 0.1) is 29.6 Å². The summed E-state index contributed by atoms with van der Waals surface area (Å²) in [5.74, 6) is 1.80. The van der Waals surface area contributed by atoms with E-state index in [0.29, 0.717) is 30.3 Å². The number of thiazole rings is 1. The van der Waals surface area contributed by atoms with Crippen LogP contribution in [0.1, 0.15) is 48.9 Å². The topological polar surface area (TPSA) is 78.3 Å². The number of hydrogen-bond acceptors (Lipinski definition) is 6. The van der Waals surface area contributed by atoms with Crippen LogP contribution >= 0.6 is 11.3 Å². The molecule has 170 valence electrons. The first kappa shape index (κ1) is 21.5. The highest BCUT2D eigenvalue weighted by Gasteiger charge is 2.35. The quantitative estimate of drug-likeness (QED) is 0.370. The molecule has 33 heavy (non-hydrogen) atoms. The van der Waals surface area contributed by atoms with Crippen LogP contribution in [0.25, 0.3) is 15.3 Å². The molecule has 0 fully saturated rings. The number of aromatic nitrogens is 3. The van der Waals surface area contributed by atoms with Crippen molar-refractivity contribution in [3.05, 3.63) is 59.3 Å². The molecule has 1 N–H and O–H groups in total. The molecule has 8 heteroatoms. The summed E-state index contributed by atoms with van der Waals surface area (Å²) in [5, 5.41) is 8.57. The number of rotatable bonds is 7. The maximum Gasteiger partial charge on any atom is 0.226 e. The standard InChI is InChI=1S/C25H26N4O3S/c1-4-5-13-32-23-16(9-8-11-19(23)31-3)17-14-21(30)27-24-22(17)15(2)28-29(24)25-26-18-10-6-7-12-20(18)33-25/h6-12,17H,4-5,13-14H2,1-3H3,(H,27,30)/t17-/m0/s1. The average molecular weight is 463 g/mol. The first-order chi connectivity index (χ1) is 16.1. The number of nitrogens with zero attached hydrogens (tertiary/aromatic N) is 3. The number of methoxy groups -OCH3 is 1. The zero-order chi connectivity index (χ0) is 22.9. The highest BCUT2D eigenvalue weighted by atomic mass is 32.1. The number of unbranched alkanes of at least 4 members (excludes halogenated alkanes) is 1. The molecule has 1 aliphatic rings. The largest absolute Gasteiger partial charge is 0.493 e. The molecular weight excluding hydrogens is 436 g/mol. The molecule has 0 saturated heterocycles. The molecule has 0 radical (unpaired) electrons. The molecule has 0 saturated carbocycles. The van der Waals surface area contributed by atoms with Gasteiger partial charge in [0, 0.05) is 23.5 Å². The van der Waals surface area contributed by atoms with Gasteiger partial charge in [0.2, 0.25) is 11.0 Å². The van der Waals surface area contributed by atoms with Gasteiger partial charge < -0.3 is 14.8 Å². The summed E-state index contributed by atoms with van der Waals surface area (Å²) < 4.78 is 14.6. The first-order valence-electron chi connectivity index (χ1n) is 11.2. The molecule has 4 aromatic rings. The van der Waals surface area contributed by atoms with Crippen LogP contribution in [-0.4, -0.2) is 34.4 Å². The van der Waals surface area contributed by atoms with E-state index >= 15 is 0 Å². The Morgan fingerprint density at radius 3 is 2.85 bits per heavy atom. The molecule has 0 aliphatic carbocycles. The van der Waals surface area contributed by atoms with E-state index in [1.54, 1.807) is 23.1 Å². The summed E-state index contributed by atoms with van der Waals surface area (Å²) >= 11 is 1.55. The van der Waals surface area contributed by atoms with Crippen molar-refractivity contribution in [1.29, 1.82) is 0 Å². The van der Waals surface area contributed by atoms with Crippen molar-refractivity contribution in [1.82, 2.24) is 14.8 Å².